The molecule has 0 aliphatic heterocycles. The molecule has 0 radical (unpaired) electrons. The Kier molecular flexibility index (Phi) is 4.82. The van der Waals surface area contributed by atoms with E-state index in [1.165, 1.54) is 0 Å². The predicted molar refractivity (Wildman–Crippen MR) is 80.0 cm³/mol. The number of anilines is 1. The zero-order valence-electron chi connectivity index (χ0n) is 10.7. The fourth-order valence-corrected chi connectivity index (χ4v) is 2.13. The molecule has 0 heterocycles. The van der Waals surface area contributed by atoms with Crippen molar-refractivity contribution in [2.45, 2.75) is 13.2 Å². The molecule has 0 saturated carbocycles. The highest BCUT2D eigenvalue weighted by Crippen LogP contribution is 2.24. The minimum Gasteiger partial charge on any atom is -0.497 e. The Hall–Kier alpha value is -1.52. The lowest BCUT2D eigenvalue weighted by Crippen LogP contribution is -1.97. The Balaban J connectivity index is 1.94. The van der Waals surface area contributed by atoms with E-state index in [1.807, 2.05) is 42.5 Å². The molecule has 0 aromatic heterocycles. The SMILES string of the molecule is COc1cccc(COCc2cccc(N)c2Br)c1. The van der Waals surface area contributed by atoms with Crippen molar-refractivity contribution in [3.63, 3.8) is 0 Å². The average Bonchev–Trinajstić information content (AvgIpc) is 2.44. The van der Waals surface area contributed by atoms with E-state index >= 15 is 0 Å². The third kappa shape index (κ3) is 3.72. The number of nitrogen functional groups attached to an aromatic ring is 1. The first-order valence-electron chi connectivity index (χ1n) is 5.94. The monoisotopic (exact) mass is 321 g/mol. The Morgan fingerprint density at radius 3 is 2.68 bits per heavy atom. The normalized spacial score (nSPS) is 10.4. The molecule has 2 aromatic rings. The molecule has 0 atom stereocenters. The first kappa shape index (κ1) is 13.9. The van der Waals surface area contributed by atoms with Gasteiger partial charge in [0.2, 0.25) is 0 Å². The van der Waals surface area contributed by atoms with Gasteiger partial charge in [0, 0.05) is 10.2 Å². The summed E-state index contributed by atoms with van der Waals surface area (Å²) in [7, 11) is 1.66. The van der Waals surface area contributed by atoms with Crippen molar-refractivity contribution < 1.29 is 9.47 Å². The van der Waals surface area contributed by atoms with Crippen LogP contribution in [0.5, 0.6) is 5.75 Å². The smallest absolute Gasteiger partial charge is 0.119 e. The van der Waals surface area contributed by atoms with Crippen molar-refractivity contribution in [2.75, 3.05) is 12.8 Å². The molecule has 2 N–H and O–H groups in total. The van der Waals surface area contributed by atoms with Gasteiger partial charge in [0.05, 0.1) is 20.3 Å². The van der Waals surface area contributed by atoms with E-state index in [0.29, 0.717) is 13.2 Å². The minimum atomic E-state index is 0.517. The van der Waals surface area contributed by atoms with E-state index < -0.39 is 0 Å². The summed E-state index contributed by atoms with van der Waals surface area (Å²) in [6, 6.07) is 13.6. The highest BCUT2D eigenvalue weighted by Gasteiger charge is 2.03. The van der Waals surface area contributed by atoms with Crippen LogP contribution in [0.4, 0.5) is 5.69 Å². The van der Waals surface area contributed by atoms with Gasteiger partial charge < -0.3 is 15.2 Å². The maximum Gasteiger partial charge on any atom is 0.119 e. The number of benzene rings is 2. The fourth-order valence-electron chi connectivity index (χ4n) is 1.75. The van der Waals surface area contributed by atoms with Gasteiger partial charge in [-0.15, -0.1) is 0 Å². The standard InChI is InChI=1S/C15H16BrNO2/c1-18-13-6-2-4-11(8-13)9-19-10-12-5-3-7-14(17)15(12)16/h2-8H,9-10,17H2,1H3. The van der Waals surface area contributed by atoms with Crippen LogP contribution in [0.15, 0.2) is 46.9 Å². The fraction of sp³-hybridized carbons (Fsp3) is 0.200. The summed E-state index contributed by atoms with van der Waals surface area (Å²) >= 11 is 3.46. The minimum absolute atomic E-state index is 0.517. The van der Waals surface area contributed by atoms with Crippen molar-refractivity contribution in [1.29, 1.82) is 0 Å². The summed E-state index contributed by atoms with van der Waals surface area (Å²) in [5.41, 5.74) is 8.67. The molecule has 0 bridgehead atoms. The molecule has 19 heavy (non-hydrogen) atoms. The van der Waals surface area contributed by atoms with Gasteiger partial charge in [0.25, 0.3) is 0 Å². The second kappa shape index (κ2) is 6.59. The summed E-state index contributed by atoms with van der Waals surface area (Å²) in [5, 5.41) is 0. The van der Waals surface area contributed by atoms with Gasteiger partial charge in [-0.05, 0) is 45.3 Å². The number of halogens is 1. The van der Waals surface area contributed by atoms with E-state index in [1.54, 1.807) is 7.11 Å². The van der Waals surface area contributed by atoms with Gasteiger partial charge in [0.15, 0.2) is 0 Å². The van der Waals surface area contributed by atoms with Gasteiger partial charge in [-0.1, -0.05) is 24.3 Å². The predicted octanol–water partition coefficient (Wildman–Crippen LogP) is 3.76. The van der Waals surface area contributed by atoms with Crippen LogP contribution in [0.3, 0.4) is 0 Å². The first-order valence-corrected chi connectivity index (χ1v) is 6.73. The first-order chi connectivity index (χ1) is 9.20. The number of methoxy groups -OCH3 is 1. The molecule has 0 spiro atoms. The molecule has 2 rings (SSSR count). The zero-order valence-corrected chi connectivity index (χ0v) is 12.3. The Bertz CT molecular complexity index is 558. The van der Waals surface area contributed by atoms with Gasteiger partial charge in [-0.25, -0.2) is 0 Å². The van der Waals surface area contributed by atoms with Crippen LogP contribution in [0.2, 0.25) is 0 Å². The van der Waals surface area contributed by atoms with Crippen LogP contribution in [0.1, 0.15) is 11.1 Å². The number of ether oxygens (including phenoxy) is 2. The number of nitrogens with two attached hydrogens (primary N) is 1. The summed E-state index contributed by atoms with van der Waals surface area (Å²) in [4.78, 5) is 0. The second-order valence-electron chi connectivity index (χ2n) is 4.16. The van der Waals surface area contributed by atoms with Gasteiger partial charge in [-0.3, -0.25) is 0 Å². The summed E-state index contributed by atoms with van der Waals surface area (Å²) in [5.74, 6) is 0.839. The molecular formula is C15H16BrNO2. The Morgan fingerprint density at radius 2 is 1.89 bits per heavy atom. The molecule has 4 heteroatoms. The lowest BCUT2D eigenvalue weighted by Gasteiger charge is -2.09. The number of rotatable bonds is 5. The van der Waals surface area contributed by atoms with E-state index in [9.17, 15) is 0 Å². The largest absolute Gasteiger partial charge is 0.497 e. The number of hydrogen-bond donors (Lipinski definition) is 1. The van der Waals surface area contributed by atoms with E-state index in [2.05, 4.69) is 15.9 Å². The lowest BCUT2D eigenvalue weighted by atomic mass is 10.2. The molecule has 0 amide bonds. The Morgan fingerprint density at radius 1 is 1.11 bits per heavy atom. The maximum absolute atomic E-state index is 5.82. The van der Waals surface area contributed by atoms with Gasteiger partial charge in [-0.2, -0.15) is 0 Å². The third-order valence-electron chi connectivity index (χ3n) is 2.77. The van der Waals surface area contributed by atoms with Crippen LogP contribution in [-0.4, -0.2) is 7.11 Å². The van der Waals surface area contributed by atoms with Crippen molar-refractivity contribution in [3.8, 4) is 5.75 Å². The van der Waals surface area contributed by atoms with Crippen LogP contribution < -0.4 is 10.5 Å². The third-order valence-corrected chi connectivity index (χ3v) is 3.74. The van der Waals surface area contributed by atoms with E-state index in [-0.39, 0.29) is 0 Å². The molecule has 0 fully saturated rings. The lowest BCUT2D eigenvalue weighted by molar-refractivity contribution is 0.106. The quantitative estimate of drug-likeness (QED) is 0.853. The van der Waals surface area contributed by atoms with E-state index in [0.717, 1.165) is 27.0 Å². The molecule has 0 saturated heterocycles. The van der Waals surface area contributed by atoms with Crippen molar-refractivity contribution in [3.05, 3.63) is 58.1 Å². The molecule has 0 aliphatic carbocycles. The summed E-state index contributed by atoms with van der Waals surface area (Å²) in [6.45, 7) is 1.06. The summed E-state index contributed by atoms with van der Waals surface area (Å²) in [6.07, 6.45) is 0. The molecule has 0 unspecified atom stereocenters. The Labute approximate surface area is 121 Å². The molecule has 2 aromatic carbocycles. The molecule has 0 aliphatic rings. The molecule has 100 valence electrons. The summed E-state index contributed by atoms with van der Waals surface area (Å²) < 4.78 is 11.8. The van der Waals surface area contributed by atoms with E-state index in [4.69, 9.17) is 15.2 Å². The van der Waals surface area contributed by atoms with Gasteiger partial charge >= 0.3 is 0 Å². The topological polar surface area (TPSA) is 44.5 Å². The number of hydrogen-bond acceptors (Lipinski definition) is 3. The van der Waals surface area contributed by atoms with Crippen LogP contribution in [0.25, 0.3) is 0 Å². The molecule has 3 nitrogen and oxygen atoms in total. The van der Waals surface area contributed by atoms with Crippen LogP contribution in [-0.2, 0) is 18.0 Å². The van der Waals surface area contributed by atoms with Gasteiger partial charge in [0.1, 0.15) is 5.75 Å². The van der Waals surface area contributed by atoms with Crippen LogP contribution >= 0.6 is 15.9 Å². The van der Waals surface area contributed by atoms with Crippen molar-refractivity contribution >= 4 is 21.6 Å². The van der Waals surface area contributed by atoms with Crippen molar-refractivity contribution in [2.24, 2.45) is 0 Å². The highest BCUT2D eigenvalue weighted by atomic mass is 79.9. The average molecular weight is 322 g/mol. The zero-order chi connectivity index (χ0) is 13.7. The molecular weight excluding hydrogens is 306 g/mol. The maximum atomic E-state index is 5.82. The van der Waals surface area contributed by atoms with Crippen LogP contribution in [0, 0.1) is 0 Å². The second-order valence-corrected chi connectivity index (χ2v) is 4.96. The van der Waals surface area contributed by atoms with Crippen molar-refractivity contribution in [1.82, 2.24) is 0 Å². The highest BCUT2D eigenvalue weighted by molar-refractivity contribution is 9.10.